The van der Waals surface area contributed by atoms with E-state index in [9.17, 15) is 4.79 Å². The molecule has 4 aliphatic carbocycles. The van der Waals surface area contributed by atoms with Gasteiger partial charge < -0.3 is 4.74 Å². The van der Waals surface area contributed by atoms with Crippen molar-refractivity contribution in [2.24, 2.45) is 23.6 Å². The van der Waals surface area contributed by atoms with Gasteiger partial charge in [-0.2, -0.15) is 0 Å². The second kappa shape index (κ2) is 3.70. The minimum Gasteiger partial charge on any atom is -0.365 e. The molecule has 0 aliphatic heterocycles. The first kappa shape index (κ1) is 10.5. The molecular weight excluding hydrogens is 204 g/mol. The molecule has 4 heteroatoms. The first-order valence-corrected chi connectivity index (χ1v) is 6.32. The van der Waals surface area contributed by atoms with Crippen LogP contribution < -0.4 is 11.3 Å². The van der Waals surface area contributed by atoms with Gasteiger partial charge >= 0.3 is 0 Å². The fraction of sp³-hybridized carbons (Fsp3) is 0.917. The number of nitrogens with two attached hydrogens (primary N) is 1. The van der Waals surface area contributed by atoms with Crippen molar-refractivity contribution in [3.05, 3.63) is 0 Å². The predicted octanol–water partition coefficient (Wildman–Crippen LogP) is 0.962. The minimum absolute atomic E-state index is 0.0151. The van der Waals surface area contributed by atoms with Crippen molar-refractivity contribution in [3.8, 4) is 0 Å². The van der Waals surface area contributed by atoms with Gasteiger partial charge in [-0.3, -0.25) is 10.2 Å². The van der Waals surface area contributed by atoms with Gasteiger partial charge in [-0.05, 0) is 56.3 Å². The Morgan fingerprint density at radius 3 is 2.12 bits per heavy atom. The van der Waals surface area contributed by atoms with Crippen molar-refractivity contribution in [1.29, 1.82) is 0 Å². The average Bonchev–Trinajstić information content (AvgIpc) is 2.24. The molecule has 0 atom stereocenters. The van der Waals surface area contributed by atoms with Gasteiger partial charge in [0.25, 0.3) is 5.91 Å². The van der Waals surface area contributed by atoms with Crippen LogP contribution in [0.2, 0.25) is 0 Å². The smallest absolute Gasteiger partial charge is 0.259 e. The monoisotopic (exact) mass is 224 g/mol. The standard InChI is InChI=1S/C12H20N2O2/c13-14-11(15)7-16-12-4-8-1-9(5-12)3-10(2-8)6-12/h8-10H,1-7,13H2,(H,14,15). The second-order valence-electron chi connectivity index (χ2n) is 5.96. The van der Waals surface area contributed by atoms with Crippen molar-refractivity contribution >= 4 is 5.91 Å². The summed E-state index contributed by atoms with van der Waals surface area (Å²) in [5.74, 6) is 7.42. The van der Waals surface area contributed by atoms with Gasteiger partial charge in [0.15, 0.2) is 0 Å². The van der Waals surface area contributed by atoms with Crippen LogP contribution >= 0.6 is 0 Å². The summed E-state index contributed by atoms with van der Waals surface area (Å²) in [7, 11) is 0. The molecule has 4 rings (SSSR count). The second-order valence-corrected chi connectivity index (χ2v) is 5.96. The van der Waals surface area contributed by atoms with Crippen LogP contribution in [0.5, 0.6) is 0 Å². The number of hydrazine groups is 1. The zero-order valence-electron chi connectivity index (χ0n) is 9.58. The van der Waals surface area contributed by atoms with Crippen molar-refractivity contribution < 1.29 is 9.53 Å². The molecule has 16 heavy (non-hydrogen) atoms. The zero-order chi connectivity index (χ0) is 11.2. The number of amides is 1. The molecule has 4 bridgehead atoms. The highest BCUT2D eigenvalue weighted by molar-refractivity contribution is 5.76. The fourth-order valence-electron chi connectivity index (χ4n) is 4.47. The number of rotatable bonds is 3. The number of carbonyl (C=O) groups is 1. The van der Waals surface area contributed by atoms with Gasteiger partial charge in [0.05, 0.1) is 5.60 Å². The first-order chi connectivity index (χ1) is 7.69. The van der Waals surface area contributed by atoms with Crippen LogP contribution in [-0.4, -0.2) is 18.1 Å². The molecule has 0 aromatic heterocycles. The average molecular weight is 224 g/mol. The van der Waals surface area contributed by atoms with Crippen molar-refractivity contribution in [2.45, 2.75) is 44.1 Å². The van der Waals surface area contributed by atoms with Crippen LogP contribution in [0.25, 0.3) is 0 Å². The van der Waals surface area contributed by atoms with E-state index in [2.05, 4.69) is 5.43 Å². The van der Waals surface area contributed by atoms with E-state index in [1.165, 1.54) is 19.3 Å². The van der Waals surface area contributed by atoms with E-state index in [0.29, 0.717) is 0 Å². The lowest BCUT2D eigenvalue weighted by Crippen LogP contribution is -2.53. The molecule has 0 aromatic rings. The van der Waals surface area contributed by atoms with E-state index in [0.717, 1.165) is 37.0 Å². The van der Waals surface area contributed by atoms with Crippen molar-refractivity contribution in [1.82, 2.24) is 5.43 Å². The summed E-state index contributed by atoms with van der Waals surface area (Å²) in [5.41, 5.74) is 2.15. The third-order valence-corrected chi connectivity index (χ3v) is 4.65. The maximum atomic E-state index is 11.1. The molecular formula is C12H20N2O2. The number of nitrogens with one attached hydrogen (secondary N) is 1. The van der Waals surface area contributed by atoms with Gasteiger partial charge in [0.2, 0.25) is 0 Å². The SMILES string of the molecule is NNC(=O)COC12CC3CC(CC(C3)C1)C2. The van der Waals surface area contributed by atoms with Crippen LogP contribution in [0.3, 0.4) is 0 Å². The van der Waals surface area contributed by atoms with E-state index in [-0.39, 0.29) is 18.1 Å². The molecule has 1 amide bonds. The van der Waals surface area contributed by atoms with Gasteiger partial charge in [0.1, 0.15) is 6.61 Å². The summed E-state index contributed by atoms with van der Waals surface area (Å²) >= 11 is 0. The van der Waals surface area contributed by atoms with Crippen LogP contribution in [0.1, 0.15) is 38.5 Å². The lowest BCUT2D eigenvalue weighted by molar-refractivity contribution is -0.170. The van der Waals surface area contributed by atoms with Crippen molar-refractivity contribution in [3.63, 3.8) is 0 Å². The molecule has 4 aliphatic rings. The van der Waals surface area contributed by atoms with E-state index in [1.54, 1.807) is 0 Å². The van der Waals surface area contributed by atoms with Gasteiger partial charge in [-0.15, -0.1) is 0 Å². The topological polar surface area (TPSA) is 64.3 Å². The molecule has 0 unspecified atom stereocenters. The lowest BCUT2D eigenvalue weighted by Gasteiger charge is -2.56. The van der Waals surface area contributed by atoms with E-state index in [1.807, 2.05) is 0 Å². The largest absolute Gasteiger partial charge is 0.365 e. The summed E-state index contributed by atoms with van der Waals surface area (Å²) in [6, 6.07) is 0. The lowest BCUT2D eigenvalue weighted by atomic mass is 9.54. The number of hydrogen-bond acceptors (Lipinski definition) is 3. The normalized spacial score (nSPS) is 44.7. The minimum atomic E-state index is -0.212. The van der Waals surface area contributed by atoms with Crippen LogP contribution in [0.4, 0.5) is 0 Å². The van der Waals surface area contributed by atoms with Gasteiger partial charge in [0, 0.05) is 0 Å². The molecule has 90 valence electrons. The summed E-state index contributed by atoms with van der Waals surface area (Å²) < 4.78 is 5.90. The molecule has 0 aromatic carbocycles. The molecule has 3 N–H and O–H groups in total. The number of ether oxygens (including phenoxy) is 1. The van der Waals surface area contributed by atoms with Crippen molar-refractivity contribution in [2.75, 3.05) is 6.61 Å². The highest BCUT2D eigenvalue weighted by atomic mass is 16.5. The Hall–Kier alpha value is -0.610. The molecule has 0 radical (unpaired) electrons. The summed E-state index contributed by atoms with van der Waals surface area (Å²) in [4.78, 5) is 11.1. The van der Waals surface area contributed by atoms with E-state index in [4.69, 9.17) is 10.6 Å². The Labute approximate surface area is 95.9 Å². The highest BCUT2D eigenvalue weighted by Gasteiger charge is 2.51. The van der Waals surface area contributed by atoms with Crippen LogP contribution in [0.15, 0.2) is 0 Å². The molecule has 4 fully saturated rings. The zero-order valence-corrected chi connectivity index (χ0v) is 9.58. The Morgan fingerprint density at radius 1 is 1.19 bits per heavy atom. The molecule has 0 heterocycles. The summed E-state index contributed by atoms with van der Waals surface area (Å²) in [5, 5.41) is 0. The Bertz CT molecular complexity index is 268. The first-order valence-electron chi connectivity index (χ1n) is 6.32. The Balaban J connectivity index is 1.67. The van der Waals surface area contributed by atoms with E-state index >= 15 is 0 Å². The number of carbonyl (C=O) groups excluding carboxylic acids is 1. The summed E-state index contributed by atoms with van der Waals surface area (Å²) in [6.07, 6.45) is 7.67. The molecule has 0 saturated heterocycles. The highest BCUT2D eigenvalue weighted by Crippen LogP contribution is 2.56. The summed E-state index contributed by atoms with van der Waals surface area (Å²) in [6.45, 7) is 0.128. The number of hydrogen-bond donors (Lipinski definition) is 2. The fourth-order valence-corrected chi connectivity index (χ4v) is 4.47. The quantitative estimate of drug-likeness (QED) is 0.426. The molecule has 4 saturated carbocycles. The Kier molecular flexibility index (Phi) is 2.44. The van der Waals surface area contributed by atoms with Gasteiger partial charge in [-0.25, -0.2) is 5.84 Å². The third-order valence-electron chi connectivity index (χ3n) is 4.65. The van der Waals surface area contributed by atoms with E-state index < -0.39 is 0 Å². The molecule has 4 nitrogen and oxygen atoms in total. The molecule has 0 spiro atoms. The van der Waals surface area contributed by atoms with Crippen LogP contribution in [0, 0.1) is 17.8 Å². The predicted molar refractivity (Wildman–Crippen MR) is 59.2 cm³/mol. The maximum absolute atomic E-state index is 11.1. The van der Waals surface area contributed by atoms with Crippen LogP contribution in [-0.2, 0) is 9.53 Å². The Morgan fingerprint density at radius 2 is 1.69 bits per heavy atom. The maximum Gasteiger partial charge on any atom is 0.259 e. The van der Waals surface area contributed by atoms with Gasteiger partial charge in [-0.1, -0.05) is 0 Å². The third kappa shape index (κ3) is 1.74.